The molecular weight excluding hydrogens is 489 g/mol. The normalized spacial score (nSPS) is 20.8. The number of anilines is 1. The zero-order valence-electron chi connectivity index (χ0n) is 21.8. The third-order valence-corrected chi connectivity index (χ3v) is 6.33. The Bertz CT molecular complexity index is 1070. The van der Waals surface area contributed by atoms with Crippen molar-refractivity contribution in [3.8, 4) is 0 Å². The molecule has 1 aromatic carbocycles. The molecule has 2 amide bonds. The van der Waals surface area contributed by atoms with Crippen molar-refractivity contribution in [2.45, 2.75) is 90.3 Å². The van der Waals surface area contributed by atoms with Crippen LogP contribution < -0.4 is 10.6 Å². The fourth-order valence-corrected chi connectivity index (χ4v) is 4.53. The van der Waals surface area contributed by atoms with Crippen LogP contribution in [0.25, 0.3) is 0 Å². The van der Waals surface area contributed by atoms with E-state index < -0.39 is 42.5 Å². The summed E-state index contributed by atoms with van der Waals surface area (Å²) in [5.74, 6) is 0.301. The summed E-state index contributed by atoms with van der Waals surface area (Å²) in [4.78, 5) is 24.7. The Morgan fingerprint density at radius 3 is 2.43 bits per heavy atom. The van der Waals surface area contributed by atoms with Gasteiger partial charge in [-0.25, -0.2) is 14.3 Å². The second kappa shape index (κ2) is 11.4. The second-order valence-corrected chi connectivity index (χ2v) is 10.6. The third-order valence-electron chi connectivity index (χ3n) is 6.33. The number of rotatable bonds is 7. The summed E-state index contributed by atoms with van der Waals surface area (Å²) in [6, 6.07) is 10.0. The largest absolute Gasteiger partial charge is 0.446 e. The van der Waals surface area contributed by atoms with E-state index >= 15 is 0 Å². The molecule has 0 spiro atoms. The molecule has 204 valence electrons. The Balaban J connectivity index is 1.64. The molecule has 1 aliphatic carbocycles. The lowest BCUT2D eigenvalue weighted by Gasteiger charge is -2.23. The van der Waals surface area contributed by atoms with E-state index in [9.17, 15) is 22.8 Å². The average molecular weight is 525 g/mol. The summed E-state index contributed by atoms with van der Waals surface area (Å²) >= 11 is 0. The number of alkyl halides is 3. The zero-order chi connectivity index (χ0) is 27.4. The van der Waals surface area contributed by atoms with Gasteiger partial charge in [-0.15, -0.1) is 0 Å². The number of hydrogen-bond acceptors (Lipinski definition) is 5. The number of nitrogens with zero attached hydrogens (tertiary/aromatic N) is 2. The smallest absolute Gasteiger partial charge is 0.413 e. The number of hydrogen-bond donors (Lipinski definition) is 2. The topological polar surface area (TPSA) is 94.5 Å². The Morgan fingerprint density at radius 2 is 1.81 bits per heavy atom. The SMILES string of the molecule is CC(CC(F)(F)F)NC(=O)O[C@@H]1CC[C@H](c2cc(NC(=O)OCc3ccccc3)n(C(C)(C)C)n2)C1C. The first kappa shape index (κ1) is 28.3. The first-order valence-corrected chi connectivity index (χ1v) is 12.3. The van der Waals surface area contributed by atoms with E-state index in [-0.39, 0.29) is 18.4 Å². The number of aromatic nitrogens is 2. The van der Waals surface area contributed by atoms with Gasteiger partial charge < -0.3 is 14.8 Å². The standard InChI is InChI=1S/C26H35F3N4O4/c1-16(14-26(27,28)29)30-24(35)37-21-12-11-19(17(21)2)20-13-22(33(32-20)25(3,4)5)31-23(34)36-15-18-9-7-6-8-10-18/h6-10,13,16-17,19,21H,11-12,14-15H2,1-5H3,(H,30,35)(H,31,34)/t16?,17?,19-,21+/m0/s1. The predicted molar refractivity (Wildman–Crippen MR) is 132 cm³/mol. The zero-order valence-corrected chi connectivity index (χ0v) is 21.8. The van der Waals surface area contributed by atoms with Crippen molar-refractivity contribution in [1.29, 1.82) is 0 Å². The van der Waals surface area contributed by atoms with Gasteiger partial charge in [0.1, 0.15) is 18.5 Å². The van der Waals surface area contributed by atoms with Crippen LogP contribution in [0, 0.1) is 5.92 Å². The van der Waals surface area contributed by atoms with Crippen LogP contribution in [0.15, 0.2) is 36.4 Å². The molecule has 1 aliphatic rings. The van der Waals surface area contributed by atoms with Gasteiger partial charge in [-0.1, -0.05) is 37.3 Å². The molecule has 1 saturated carbocycles. The highest BCUT2D eigenvalue weighted by Crippen LogP contribution is 2.42. The highest BCUT2D eigenvalue weighted by molar-refractivity contribution is 5.83. The summed E-state index contributed by atoms with van der Waals surface area (Å²) in [6.07, 6.45) is -6.20. The van der Waals surface area contributed by atoms with E-state index in [1.54, 1.807) is 10.7 Å². The van der Waals surface area contributed by atoms with Crippen LogP contribution in [0.1, 0.15) is 71.1 Å². The maximum Gasteiger partial charge on any atom is 0.413 e. The van der Waals surface area contributed by atoms with Crippen molar-refractivity contribution in [2.75, 3.05) is 5.32 Å². The van der Waals surface area contributed by atoms with Gasteiger partial charge in [0, 0.05) is 23.9 Å². The van der Waals surface area contributed by atoms with Gasteiger partial charge in [0.15, 0.2) is 0 Å². The van der Waals surface area contributed by atoms with Crippen molar-refractivity contribution >= 4 is 18.0 Å². The molecule has 37 heavy (non-hydrogen) atoms. The van der Waals surface area contributed by atoms with Crippen molar-refractivity contribution < 1.29 is 32.2 Å². The summed E-state index contributed by atoms with van der Waals surface area (Å²) in [5.41, 5.74) is 1.16. The average Bonchev–Trinajstić information content (AvgIpc) is 3.35. The van der Waals surface area contributed by atoms with Gasteiger partial charge in [-0.3, -0.25) is 5.32 Å². The molecule has 1 heterocycles. The number of alkyl carbamates (subject to hydrolysis) is 1. The monoisotopic (exact) mass is 524 g/mol. The molecule has 2 N–H and O–H groups in total. The molecule has 1 aromatic heterocycles. The number of carbonyl (C=O) groups is 2. The van der Waals surface area contributed by atoms with Crippen LogP contribution in [0.2, 0.25) is 0 Å². The third kappa shape index (κ3) is 8.13. The van der Waals surface area contributed by atoms with Gasteiger partial charge in [-0.05, 0) is 46.1 Å². The summed E-state index contributed by atoms with van der Waals surface area (Å²) in [6.45, 7) is 9.22. The van der Waals surface area contributed by atoms with Crippen LogP contribution in [-0.4, -0.2) is 40.3 Å². The number of carbonyl (C=O) groups excluding carboxylic acids is 2. The molecule has 0 saturated heterocycles. The lowest BCUT2D eigenvalue weighted by Crippen LogP contribution is -2.38. The van der Waals surface area contributed by atoms with Crippen LogP contribution in [0.4, 0.5) is 28.6 Å². The van der Waals surface area contributed by atoms with Gasteiger partial charge in [0.2, 0.25) is 0 Å². The van der Waals surface area contributed by atoms with Crippen LogP contribution in [0.3, 0.4) is 0 Å². The van der Waals surface area contributed by atoms with E-state index in [1.807, 2.05) is 58.0 Å². The fourth-order valence-electron chi connectivity index (χ4n) is 4.53. The van der Waals surface area contributed by atoms with Crippen LogP contribution in [-0.2, 0) is 21.6 Å². The van der Waals surface area contributed by atoms with E-state index in [2.05, 4.69) is 10.6 Å². The molecule has 4 atom stereocenters. The summed E-state index contributed by atoms with van der Waals surface area (Å²) in [5, 5.41) is 9.79. The Hall–Kier alpha value is -3.24. The molecule has 2 unspecified atom stereocenters. The first-order chi connectivity index (χ1) is 17.2. The number of benzene rings is 1. The molecule has 2 aromatic rings. The molecule has 8 nitrogen and oxygen atoms in total. The lowest BCUT2D eigenvalue weighted by atomic mass is 9.94. The quantitative estimate of drug-likeness (QED) is 0.441. The molecule has 0 bridgehead atoms. The number of amides is 2. The van der Waals surface area contributed by atoms with Gasteiger partial charge in [0.05, 0.1) is 17.7 Å². The van der Waals surface area contributed by atoms with Crippen LogP contribution >= 0.6 is 0 Å². The highest BCUT2D eigenvalue weighted by Gasteiger charge is 2.39. The molecule has 3 rings (SSSR count). The van der Waals surface area contributed by atoms with Crippen molar-refractivity contribution in [2.24, 2.45) is 5.92 Å². The highest BCUT2D eigenvalue weighted by atomic mass is 19.4. The predicted octanol–water partition coefficient (Wildman–Crippen LogP) is 6.34. The second-order valence-electron chi connectivity index (χ2n) is 10.6. The molecule has 11 heteroatoms. The van der Waals surface area contributed by atoms with E-state index in [0.29, 0.717) is 18.7 Å². The molecule has 1 fully saturated rings. The van der Waals surface area contributed by atoms with Gasteiger partial charge in [0.25, 0.3) is 0 Å². The van der Waals surface area contributed by atoms with Gasteiger partial charge in [-0.2, -0.15) is 18.3 Å². The maximum atomic E-state index is 12.5. The maximum absolute atomic E-state index is 12.5. The number of ether oxygens (including phenoxy) is 2. The van der Waals surface area contributed by atoms with Gasteiger partial charge >= 0.3 is 18.4 Å². The van der Waals surface area contributed by atoms with E-state index in [4.69, 9.17) is 14.6 Å². The fraction of sp³-hybridized carbons (Fsp3) is 0.577. The minimum absolute atomic E-state index is 0.0603. The molecule has 0 aliphatic heterocycles. The van der Waals surface area contributed by atoms with Crippen molar-refractivity contribution in [1.82, 2.24) is 15.1 Å². The minimum Gasteiger partial charge on any atom is -0.446 e. The summed E-state index contributed by atoms with van der Waals surface area (Å²) in [7, 11) is 0. The molecule has 0 radical (unpaired) electrons. The van der Waals surface area contributed by atoms with E-state index in [0.717, 1.165) is 11.3 Å². The first-order valence-electron chi connectivity index (χ1n) is 12.3. The number of halogens is 3. The van der Waals surface area contributed by atoms with Crippen LogP contribution in [0.5, 0.6) is 0 Å². The molecular formula is C26H35F3N4O4. The Morgan fingerprint density at radius 1 is 1.14 bits per heavy atom. The summed E-state index contributed by atoms with van der Waals surface area (Å²) < 4.78 is 50.2. The lowest BCUT2D eigenvalue weighted by molar-refractivity contribution is -0.138. The van der Waals surface area contributed by atoms with E-state index in [1.165, 1.54) is 6.92 Å². The number of nitrogens with one attached hydrogen (secondary N) is 2. The Labute approximate surface area is 214 Å². The Kier molecular flexibility index (Phi) is 8.76. The minimum atomic E-state index is -4.37. The van der Waals surface area contributed by atoms with Crippen molar-refractivity contribution in [3.05, 3.63) is 47.7 Å². The van der Waals surface area contributed by atoms with Crippen molar-refractivity contribution in [3.63, 3.8) is 0 Å².